The second kappa shape index (κ2) is 10.4. The average Bonchev–Trinajstić information content (AvgIpc) is 3.64. The van der Waals surface area contributed by atoms with Crippen LogP contribution in [0, 0.1) is 0 Å². The van der Waals surface area contributed by atoms with Gasteiger partial charge in [0.15, 0.2) is 0 Å². The molecule has 5 aromatic rings. The van der Waals surface area contributed by atoms with Crippen molar-refractivity contribution in [1.82, 2.24) is 9.88 Å². The number of para-hydroxylation sites is 1. The number of hydrogen-bond acceptors (Lipinski definition) is 3. The zero-order valence-electron chi connectivity index (χ0n) is 22.3. The minimum absolute atomic E-state index is 0.171. The maximum Gasteiger partial charge on any atom is 0.416 e. The van der Waals surface area contributed by atoms with Crippen LogP contribution < -0.4 is 10.6 Å². The van der Waals surface area contributed by atoms with Gasteiger partial charge in [-0.3, -0.25) is 4.79 Å². The molecule has 1 aliphatic carbocycles. The molecule has 0 unspecified atom stereocenters. The van der Waals surface area contributed by atoms with Gasteiger partial charge in [0.05, 0.1) is 27.7 Å². The zero-order valence-corrected chi connectivity index (χ0v) is 22.3. The first-order chi connectivity index (χ1) is 20.1. The van der Waals surface area contributed by atoms with Gasteiger partial charge in [0.1, 0.15) is 0 Å². The molecule has 4 aromatic carbocycles. The van der Waals surface area contributed by atoms with Crippen LogP contribution in [0.25, 0.3) is 10.9 Å². The van der Waals surface area contributed by atoms with E-state index in [2.05, 4.69) is 10.6 Å². The van der Waals surface area contributed by atoms with Gasteiger partial charge in [-0.2, -0.15) is 13.2 Å². The molecule has 0 radical (unpaired) electrons. The highest BCUT2D eigenvalue weighted by Crippen LogP contribution is 2.46. The number of alkyl halides is 3. The van der Waals surface area contributed by atoms with Gasteiger partial charge < -0.3 is 20.3 Å². The maximum atomic E-state index is 13.8. The number of anilines is 2. The second-order valence-corrected chi connectivity index (χ2v) is 10.5. The summed E-state index contributed by atoms with van der Waals surface area (Å²) in [5.41, 5.74) is 3.07. The standard InChI is InChI=1S/C33H26F3N3O3/c34-33(35,36)24-10-6-21(7-11-24)20-39-19-16-26-28(37-25-4-2-1-3-5-25)15-14-27(29(26)39)30(40)38-32(17-18-32)23-12-8-22(9-13-23)31(41)42/h1-16,19,37H,17-18,20H2,(H,38,40)(H,41,42). The van der Waals surface area contributed by atoms with Gasteiger partial charge in [0.2, 0.25) is 0 Å². The van der Waals surface area contributed by atoms with Gasteiger partial charge in [0.25, 0.3) is 5.91 Å². The Morgan fingerprint density at radius 2 is 1.55 bits per heavy atom. The number of nitrogens with one attached hydrogen (secondary N) is 2. The summed E-state index contributed by atoms with van der Waals surface area (Å²) in [6.45, 7) is 0.262. The van der Waals surface area contributed by atoms with Crippen LogP contribution in [-0.2, 0) is 18.3 Å². The molecule has 0 atom stereocenters. The fourth-order valence-electron chi connectivity index (χ4n) is 5.25. The molecule has 0 spiro atoms. The van der Waals surface area contributed by atoms with Crippen molar-refractivity contribution in [3.05, 3.63) is 131 Å². The van der Waals surface area contributed by atoms with Crippen molar-refractivity contribution in [1.29, 1.82) is 0 Å². The van der Waals surface area contributed by atoms with Crippen molar-refractivity contribution in [2.75, 3.05) is 5.32 Å². The quantitative estimate of drug-likeness (QED) is 0.180. The number of hydrogen-bond donors (Lipinski definition) is 3. The number of rotatable bonds is 8. The summed E-state index contributed by atoms with van der Waals surface area (Å²) in [7, 11) is 0. The molecule has 0 bridgehead atoms. The van der Waals surface area contributed by atoms with Crippen molar-refractivity contribution in [2.45, 2.75) is 31.1 Å². The smallest absolute Gasteiger partial charge is 0.416 e. The Labute approximate surface area is 239 Å². The third-order valence-corrected chi connectivity index (χ3v) is 7.64. The third kappa shape index (κ3) is 5.33. The van der Waals surface area contributed by atoms with Gasteiger partial charge in [-0.15, -0.1) is 0 Å². The number of halogens is 3. The number of carbonyl (C=O) groups is 2. The molecule has 0 saturated heterocycles. The summed E-state index contributed by atoms with van der Waals surface area (Å²) < 4.78 is 41.2. The predicted octanol–water partition coefficient (Wildman–Crippen LogP) is 7.57. The Morgan fingerprint density at radius 1 is 0.857 bits per heavy atom. The Hall–Kier alpha value is -5.05. The lowest BCUT2D eigenvalue weighted by atomic mass is 10.0. The Bertz CT molecular complexity index is 1770. The highest BCUT2D eigenvalue weighted by molar-refractivity contribution is 6.10. The number of carboxylic acid groups (broad SMARTS) is 1. The van der Waals surface area contributed by atoms with Crippen LogP contribution in [0.5, 0.6) is 0 Å². The SMILES string of the molecule is O=C(O)c1ccc(C2(NC(=O)c3ccc(Nc4ccccc4)c4ccn(Cc5ccc(C(F)(F)F)cc5)c34)CC2)cc1. The van der Waals surface area contributed by atoms with Crippen molar-refractivity contribution in [3.8, 4) is 0 Å². The van der Waals surface area contributed by atoms with Crippen LogP contribution in [0.1, 0.15) is 50.2 Å². The molecule has 6 rings (SSSR count). The lowest BCUT2D eigenvalue weighted by molar-refractivity contribution is -0.137. The maximum absolute atomic E-state index is 13.8. The third-order valence-electron chi connectivity index (χ3n) is 7.64. The van der Waals surface area contributed by atoms with Crippen molar-refractivity contribution in [2.24, 2.45) is 0 Å². The molecule has 1 fully saturated rings. The van der Waals surface area contributed by atoms with E-state index < -0.39 is 23.2 Å². The molecule has 3 N–H and O–H groups in total. The van der Waals surface area contributed by atoms with Crippen LogP contribution in [0.2, 0.25) is 0 Å². The highest BCUT2D eigenvalue weighted by Gasteiger charge is 2.46. The van der Waals surface area contributed by atoms with E-state index in [0.717, 1.165) is 34.5 Å². The molecule has 6 nitrogen and oxygen atoms in total. The van der Waals surface area contributed by atoms with Crippen LogP contribution in [0.15, 0.2) is 103 Å². The fraction of sp³-hybridized carbons (Fsp3) is 0.152. The molecule has 42 heavy (non-hydrogen) atoms. The zero-order chi connectivity index (χ0) is 29.5. The van der Waals surface area contributed by atoms with Gasteiger partial charge in [-0.25, -0.2) is 4.79 Å². The minimum Gasteiger partial charge on any atom is -0.478 e. The lowest BCUT2D eigenvalue weighted by Crippen LogP contribution is -2.35. The van der Waals surface area contributed by atoms with E-state index in [0.29, 0.717) is 29.5 Å². The van der Waals surface area contributed by atoms with E-state index in [9.17, 15) is 27.9 Å². The Morgan fingerprint density at radius 3 is 2.17 bits per heavy atom. The number of fused-ring (bicyclic) bond motifs is 1. The van der Waals surface area contributed by atoms with Crippen LogP contribution in [0.4, 0.5) is 24.5 Å². The number of carboxylic acids is 1. The number of carbonyl (C=O) groups excluding carboxylic acids is 1. The van der Waals surface area contributed by atoms with E-state index in [1.54, 1.807) is 18.2 Å². The van der Waals surface area contributed by atoms with Crippen LogP contribution in [0.3, 0.4) is 0 Å². The van der Waals surface area contributed by atoms with E-state index >= 15 is 0 Å². The first-order valence-electron chi connectivity index (χ1n) is 13.4. The van der Waals surface area contributed by atoms with E-state index in [1.807, 2.05) is 53.2 Å². The first kappa shape index (κ1) is 27.1. The second-order valence-electron chi connectivity index (χ2n) is 10.5. The van der Waals surface area contributed by atoms with Gasteiger partial charge in [-0.1, -0.05) is 42.5 Å². The van der Waals surface area contributed by atoms with E-state index in [4.69, 9.17) is 0 Å². The summed E-state index contributed by atoms with van der Waals surface area (Å²) in [5.74, 6) is -1.31. The number of nitrogens with zero attached hydrogens (tertiary/aromatic N) is 1. The van der Waals surface area contributed by atoms with Gasteiger partial charge >= 0.3 is 12.1 Å². The molecular formula is C33H26F3N3O3. The van der Waals surface area contributed by atoms with Gasteiger partial charge in [0, 0.05) is 29.5 Å². The van der Waals surface area contributed by atoms with Crippen LogP contribution in [-0.4, -0.2) is 21.6 Å². The van der Waals surface area contributed by atoms with E-state index in [1.165, 1.54) is 24.3 Å². The fourth-order valence-corrected chi connectivity index (χ4v) is 5.25. The normalized spacial score (nSPS) is 14.0. The van der Waals surface area contributed by atoms with E-state index in [-0.39, 0.29) is 18.0 Å². The number of amides is 1. The molecule has 212 valence electrons. The number of aromatic nitrogens is 1. The first-order valence-corrected chi connectivity index (χ1v) is 13.4. The van der Waals surface area contributed by atoms with Crippen molar-refractivity contribution < 1.29 is 27.9 Å². The molecule has 1 heterocycles. The molecule has 1 saturated carbocycles. The minimum atomic E-state index is -4.42. The topological polar surface area (TPSA) is 83.4 Å². The monoisotopic (exact) mass is 569 g/mol. The lowest BCUT2D eigenvalue weighted by Gasteiger charge is -2.20. The summed E-state index contributed by atoms with van der Waals surface area (Å²) in [5, 5.41) is 16.6. The molecule has 1 amide bonds. The number of benzene rings is 4. The van der Waals surface area contributed by atoms with Crippen molar-refractivity contribution >= 4 is 34.2 Å². The summed E-state index contributed by atoms with van der Waals surface area (Å²) >= 11 is 0. The molecular weight excluding hydrogens is 543 g/mol. The van der Waals surface area contributed by atoms with Crippen molar-refractivity contribution in [3.63, 3.8) is 0 Å². The molecule has 9 heteroatoms. The predicted molar refractivity (Wildman–Crippen MR) is 154 cm³/mol. The Balaban J connectivity index is 1.36. The average molecular weight is 570 g/mol. The Kier molecular flexibility index (Phi) is 6.73. The molecule has 0 aliphatic heterocycles. The molecule has 1 aromatic heterocycles. The number of aromatic carboxylic acids is 1. The van der Waals surface area contributed by atoms with Crippen LogP contribution >= 0.6 is 0 Å². The largest absolute Gasteiger partial charge is 0.478 e. The van der Waals surface area contributed by atoms with Gasteiger partial charge in [-0.05, 0) is 78.6 Å². The highest BCUT2D eigenvalue weighted by atomic mass is 19.4. The summed E-state index contributed by atoms with van der Waals surface area (Å²) in [6.07, 6.45) is -1.16. The molecule has 1 aliphatic rings. The summed E-state index contributed by atoms with van der Waals surface area (Å²) in [6, 6.07) is 26.6. The summed E-state index contributed by atoms with van der Waals surface area (Å²) in [4.78, 5) is 25.1.